The minimum Gasteiger partial charge on any atom is -0.508 e. The third-order valence-electron chi connectivity index (χ3n) is 5.01. The van der Waals surface area contributed by atoms with Gasteiger partial charge in [-0.2, -0.15) is 5.10 Å². The van der Waals surface area contributed by atoms with Crippen molar-refractivity contribution in [2.75, 3.05) is 0 Å². The molecule has 0 aliphatic carbocycles. The fraction of sp³-hybridized carbons (Fsp3) is 0.261. The molecule has 30 heavy (non-hydrogen) atoms. The number of aromatic hydroxyl groups is 1. The second kappa shape index (κ2) is 9.37. The first-order chi connectivity index (χ1) is 14.2. The molecule has 0 radical (unpaired) electrons. The number of aryl methyl sites for hydroxylation is 1. The van der Waals surface area contributed by atoms with Crippen LogP contribution in [0.4, 0.5) is 0 Å². The monoisotopic (exact) mass is 407 g/mol. The summed E-state index contributed by atoms with van der Waals surface area (Å²) in [4.78, 5) is 16.9. The van der Waals surface area contributed by atoms with Gasteiger partial charge in [0.15, 0.2) is 11.6 Å². The molecule has 0 atom stereocenters. The predicted molar refractivity (Wildman–Crippen MR) is 116 cm³/mol. The molecular weight excluding hydrogens is 382 g/mol. The molecule has 0 saturated carbocycles. The summed E-state index contributed by atoms with van der Waals surface area (Å²) in [6, 6.07) is 14.7. The molecule has 0 aliphatic heterocycles. The number of phenolic OH excluding ortho intramolecular Hbond substituents is 1. The summed E-state index contributed by atoms with van der Waals surface area (Å²) in [6.07, 6.45) is 5.28. The van der Waals surface area contributed by atoms with Crippen molar-refractivity contribution in [1.82, 2.24) is 15.2 Å². The standard InChI is InChI=1S/C23H23N3O3.H2O/c1-2-3-4-6-11-16-12-17-13-18(23(28)29-20(17)14-19(16)27)22-24-21(25-26-22)15-9-7-5-8-10-15;/h5,7-10,12-14,27H,2-4,6,11H2,1H3,(H,24,25,26);1H2. The first kappa shape index (κ1) is 21.3. The van der Waals surface area contributed by atoms with Crippen molar-refractivity contribution in [3.63, 3.8) is 0 Å². The van der Waals surface area contributed by atoms with E-state index in [2.05, 4.69) is 22.1 Å². The second-order valence-corrected chi connectivity index (χ2v) is 7.15. The molecule has 0 amide bonds. The molecule has 4 N–H and O–H groups in total. The van der Waals surface area contributed by atoms with Crippen LogP contribution in [0.2, 0.25) is 0 Å². The molecule has 2 aromatic heterocycles. The van der Waals surface area contributed by atoms with E-state index >= 15 is 0 Å². The lowest BCUT2D eigenvalue weighted by Gasteiger charge is -2.07. The largest absolute Gasteiger partial charge is 0.508 e. The highest BCUT2D eigenvalue weighted by molar-refractivity contribution is 5.83. The molecule has 7 nitrogen and oxygen atoms in total. The number of benzene rings is 2. The first-order valence-electron chi connectivity index (χ1n) is 9.93. The van der Waals surface area contributed by atoms with E-state index in [1.165, 1.54) is 18.9 Å². The summed E-state index contributed by atoms with van der Waals surface area (Å²) >= 11 is 0. The topological polar surface area (TPSA) is 124 Å². The molecule has 0 spiro atoms. The highest BCUT2D eigenvalue weighted by atomic mass is 16.4. The Morgan fingerprint density at radius 2 is 1.87 bits per heavy atom. The second-order valence-electron chi connectivity index (χ2n) is 7.15. The number of unbranched alkanes of at least 4 members (excludes halogenated alkanes) is 3. The van der Waals surface area contributed by atoms with Gasteiger partial charge in [0.25, 0.3) is 0 Å². The lowest BCUT2D eigenvalue weighted by atomic mass is 10.0. The number of aromatic amines is 1. The molecule has 0 aliphatic rings. The average molecular weight is 407 g/mol. The van der Waals surface area contributed by atoms with Gasteiger partial charge >= 0.3 is 5.63 Å². The Bertz CT molecular complexity index is 1180. The van der Waals surface area contributed by atoms with Crippen LogP contribution in [0.3, 0.4) is 0 Å². The highest BCUT2D eigenvalue weighted by Crippen LogP contribution is 2.28. The van der Waals surface area contributed by atoms with Gasteiger partial charge in [-0.3, -0.25) is 5.10 Å². The molecule has 2 aromatic carbocycles. The van der Waals surface area contributed by atoms with Crippen molar-refractivity contribution in [1.29, 1.82) is 0 Å². The summed E-state index contributed by atoms with van der Waals surface area (Å²) in [5, 5.41) is 18.1. The van der Waals surface area contributed by atoms with E-state index < -0.39 is 5.63 Å². The van der Waals surface area contributed by atoms with E-state index in [-0.39, 0.29) is 11.2 Å². The summed E-state index contributed by atoms with van der Waals surface area (Å²) < 4.78 is 5.44. The van der Waals surface area contributed by atoms with E-state index in [4.69, 9.17) is 4.42 Å². The van der Waals surface area contributed by atoms with Crippen molar-refractivity contribution < 1.29 is 15.0 Å². The van der Waals surface area contributed by atoms with Crippen LogP contribution in [0.15, 0.2) is 57.7 Å². The SMILES string of the molecule is CCCCCCc1cc2cc(-c3nc(-c4ccccc4)n[nH]3)c(=O)oc2cc1O.O. The molecule has 156 valence electrons. The fourth-order valence-corrected chi connectivity index (χ4v) is 3.41. The Labute approximate surface area is 173 Å². The molecule has 4 aromatic rings. The maximum absolute atomic E-state index is 12.5. The summed E-state index contributed by atoms with van der Waals surface area (Å²) in [7, 11) is 0. The third kappa shape index (κ3) is 4.41. The first-order valence-corrected chi connectivity index (χ1v) is 9.93. The van der Waals surface area contributed by atoms with Gasteiger partial charge in [-0.25, -0.2) is 9.78 Å². The van der Waals surface area contributed by atoms with Crippen molar-refractivity contribution in [2.24, 2.45) is 0 Å². The van der Waals surface area contributed by atoms with Crippen LogP contribution in [-0.2, 0) is 6.42 Å². The van der Waals surface area contributed by atoms with Crippen molar-refractivity contribution in [3.05, 3.63) is 64.5 Å². The molecule has 0 saturated heterocycles. The van der Waals surface area contributed by atoms with E-state index in [0.717, 1.165) is 35.8 Å². The normalized spacial score (nSPS) is 10.8. The van der Waals surface area contributed by atoms with Crippen LogP contribution in [0, 0.1) is 0 Å². The third-order valence-corrected chi connectivity index (χ3v) is 5.01. The fourth-order valence-electron chi connectivity index (χ4n) is 3.41. The summed E-state index contributed by atoms with van der Waals surface area (Å²) in [6.45, 7) is 2.17. The molecule has 4 rings (SSSR count). The van der Waals surface area contributed by atoms with Gasteiger partial charge in [0.1, 0.15) is 16.9 Å². The average Bonchev–Trinajstić information content (AvgIpc) is 3.22. The van der Waals surface area contributed by atoms with Gasteiger partial charge < -0.3 is 15.0 Å². The molecule has 0 bridgehead atoms. The number of phenols is 1. The quantitative estimate of drug-likeness (QED) is 0.350. The molecule has 7 heteroatoms. The number of hydrogen-bond donors (Lipinski definition) is 2. The van der Waals surface area contributed by atoms with Crippen LogP contribution in [0.1, 0.15) is 38.2 Å². The number of fused-ring (bicyclic) bond motifs is 1. The minimum atomic E-state index is -0.525. The number of H-pyrrole nitrogens is 1. The Morgan fingerprint density at radius 3 is 2.63 bits per heavy atom. The van der Waals surface area contributed by atoms with Gasteiger partial charge in [0.2, 0.25) is 0 Å². The smallest absolute Gasteiger partial charge is 0.347 e. The molecule has 2 heterocycles. The number of rotatable bonds is 7. The lowest BCUT2D eigenvalue weighted by molar-refractivity contribution is 0.464. The van der Waals surface area contributed by atoms with Crippen LogP contribution < -0.4 is 5.63 Å². The summed E-state index contributed by atoms with van der Waals surface area (Å²) in [5.74, 6) is 1.04. The Balaban J connectivity index is 0.00000256. The zero-order valence-electron chi connectivity index (χ0n) is 16.8. The van der Waals surface area contributed by atoms with Crippen LogP contribution in [0.25, 0.3) is 33.7 Å². The van der Waals surface area contributed by atoms with Crippen molar-refractivity contribution >= 4 is 11.0 Å². The van der Waals surface area contributed by atoms with Crippen LogP contribution in [-0.4, -0.2) is 25.8 Å². The zero-order chi connectivity index (χ0) is 20.2. The molecule has 0 unspecified atom stereocenters. The highest BCUT2D eigenvalue weighted by Gasteiger charge is 2.15. The molecule has 0 fully saturated rings. The minimum absolute atomic E-state index is 0. The van der Waals surface area contributed by atoms with E-state index in [1.807, 2.05) is 36.4 Å². The number of hydrogen-bond acceptors (Lipinski definition) is 5. The van der Waals surface area contributed by atoms with Gasteiger partial charge in [0.05, 0.1) is 0 Å². The summed E-state index contributed by atoms with van der Waals surface area (Å²) in [5.41, 5.74) is 1.87. The van der Waals surface area contributed by atoms with Gasteiger partial charge in [-0.15, -0.1) is 0 Å². The van der Waals surface area contributed by atoms with E-state index in [0.29, 0.717) is 22.8 Å². The number of aromatic nitrogens is 3. The Hall–Kier alpha value is -3.45. The molecular formula is C23H25N3O4. The van der Waals surface area contributed by atoms with Gasteiger partial charge in [-0.1, -0.05) is 56.5 Å². The lowest BCUT2D eigenvalue weighted by Crippen LogP contribution is -2.04. The van der Waals surface area contributed by atoms with E-state index in [1.54, 1.807) is 6.07 Å². The Kier molecular flexibility index (Phi) is 6.64. The van der Waals surface area contributed by atoms with Crippen molar-refractivity contribution in [2.45, 2.75) is 39.0 Å². The van der Waals surface area contributed by atoms with Crippen LogP contribution >= 0.6 is 0 Å². The number of nitrogens with one attached hydrogen (secondary N) is 1. The maximum Gasteiger partial charge on any atom is 0.347 e. The van der Waals surface area contributed by atoms with Crippen LogP contribution in [0.5, 0.6) is 5.75 Å². The zero-order valence-corrected chi connectivity index (χ0v) is 16.8. The van der Waals surface area contributed by atoms with Crippen molar-refractivity contribution in [3.8, 4) is 28.5 Å². The van der Waals surface area contributed by atoms with Gasteiger partial charge in [-0.05, 0) is 30.5 Å². The Morgan fingerprint density at radius 1 is 1.07 bits per heavy atom. The van der Waals surface area contributed by atoms with E-state index in [9.17, 15) is 9.90 Å². The maximum atomic E-state index is 12.5. The number of nitrogens with zero attached hydrogens (tertiary/aromatic N) is 2. The van der Waals surface area contributed by atoms with Gasteiger partial charge in [0, 0.05) is 17.0 Å². The predicted octanol–water partition coefficient (Wildman–Crippen LogP) is 4.25.